The Morgan fingerprint density at radius 2 is 1.96 bits per heavy atom. The monoisotopic (exact) mass is 335 g/mol. The molecule has 0 radical (unpaired) electrons. The Hall–Kier alpha value is -2.69. The molecular weight excluding hydrogens is 314 g/mol. The molecule has 5 nitrogen and oxygen atoms in total. The second kappa shape index (κ2) is 5.99. The summed E-state index contributed by atoms with van der Waals surface area (Å²) in [5, 5.41) is 7.81. The first-order chi connectivity index (χ1) is 12.0. The lowest BCUT2D eigenvalue weighted by Gasteiger charge is -2.14. The summed E-state index contributed by atoms with van der Waals surface area (Å²) in [6, 6.07) is 10.1. The van der Waals surface area contributed by atoms with Crippen LogP contribution in [0.3, 0.4) is 0 Å². The fourth-order valence-electron chi connectivity index (χ4n) is 3.14. The third-order valence-electron chi connectivity index (χ3n) is 4.90. The molecule has 1 aliphatic rings. The van der Waals surface area contributed by atoms with E-state index in [1.54, 1.807) is 0 Å². The maximum absolute atomic E-state index is 12.9. The van der Waals surface area contributed by atoms with Gasteiger partial charge in [-0.3, -0.25) is 4.79 Å². The van der Waals surface area contributed by atoms with Gasteiger partial charge in [0.25, 0.3) is 11.6 Å². The third-order valence-corrected chi connectivity index (χ3v) is 4.90. The van der Waals surface area contributed by atoms with E-state index in [1.807, 2.05) is 44.2 Å². The Morgan fingerprint density at radius 3 is 2.64 bits per heavy atom. The van der Waals surface area contributed by atoms with E-state index in [-0.39, 0.29) is 11.9 Å². The van der Waals surface area contributed by atoms with Gasteiger partial charge in [-0.2, -0.15) is 0 Å². The molecule has 1 aliphatic carbocycles. The van der Waals surface area contributed by atoms with Crippen molar-refractivity contribution in [3.8, 4) is 11.3 Å². The number of amides is 1. The van der Waals surface area contributed by atoms with E-state index in [1.165, 1.54) is 18.4 Å². The number of aromatic nitrogens is 2. The van der Waals surface area contributed by atoms with Gasteiger partial charge in [-0.1, -0.05) is 35.0 Å². The number of nitrogens with zero attached hydrogens (tertiary/aromatic N) is 2. The Kier molecular flexibility index (Phi) is 3.79. The molecule has 1 amide bonds. The minimum atomic E-state index is -0.0912. The lowest BCUT2D eigenvalue weighted by Crippen LogP contribution is -2.34. The number of carbonyl (C=O) groups is 1. The second-order valence-corrected chi connectivity index (χ2v) is 6.97. The van der Waals surface area contributed by atoms with Crippen molar-refractivity contribution in [1.29, 1.82) is 0 Å². The first-order valence-electron chi connectivity index (χ1n) is 8.68. The maximum Gasteiger partial charge on any atom is 0.259 e. The molecular formula is C20H21N3O2. The van der Waals surface area contributed by atoms with Gasteiger partial charge in [0.1, 0.15) is 0 Å². The van der Waals surface area contributed by atoms with Gasteiger partial charge in [0.15, 0.2) is 0 Å². The molecule has 2 aromatic heterocycles. The lowest BCUT2D eigenvalue weighted by molar-refractivity contribution is 0.0937. The van der Waals surface area contributed by atoms with Gasteiger partial charge in [-0.05, 0) is 45.6 Å². The summed E-state index contributed by atoms with van der Waals surface area (Å²) < 4.78 is 5.35. The fourth-order valence-corrected chi connectivity index (χ4v) is 3.14. The molecule has 1 aromatic carbocycles. The fraction of sp³-hybridized carbons (Fsp3) is 0.350. The van der Waals surface area contributed by atoms with Crippen molar-refractivity contribution in [2.75, 3.05) is 0 Å². The summed E-state index contributed by atoms with van der Waals surface area (Å²) >= 11 is 0. The van der Waals surface area contributed by atoms with Crippen LogP contribution in [0, 0.1) is 19.8 Å². The first kappa shape index (κ1) is 15.8. The van der Waals surface area contributed by atoms with Crippen molar-refractivity contribution in [1.82, 2.24) is 15.5 Å². The highest BCUT2D eigenvalue weighted by Crippen LogP contribution is 2.33. The Labute approximate surface area is 146 Å². The van der Waals surface area contributed by atoms with Crippen molar-refractivity contribution < 1.29 is 9.32 Å². The predicted molar refractivity (Wildman–Crippen MR) is 96.4 cm³/mol. The highest BCUT2D eigenvalue weighted by atomic mass is 16.5. The zero-order valence-electron chi connectivity index (χ0n) is 14.7. The Balaban J connectivity index is 1.78. The minimum Gasteiger partial charge on any atom is -0.349 e. The van der Waals surface area contributed by atoms with Crippen LogP contribution in [0.5, 0.6) is 0 Å². The summed E-state index contributed by atoms with van der Waals surface area (Å²) in [5.74, 6) is 0.507. The summed E-state index contributed by atoms with van der Waals surface area (Å²) in [7, 11) is 0. The number of hydrogen-bond donors (Lipinski definition) is 1. The lowest BCUT2D eigenvalue weighted by atomic mass is 10.0. The molecule has 25 heavy (non-hydrogen) atoms. The van der Waals surface area contributed by atoms with Gasteiger partial charge in [0, 0.05) is 11.6 Å². The third kappa shape index (κ3) is 3.02. The van der Waals surface area contributed by atoms with Gasteiger partial charge in [-0.25, -0.2) is 4.98 Å². The molecule has 4 rings (SSSR count). The molecule has 1 saturated carbocycles. The molecule has 128 valence electrons. The molecule has 1 unspecified atom stereocenters. The number of rotatable bonds is 4. The predicted octanol–water partition coefficient (Wildman–Crippen LogP) is 4.03. The number of carbonyl (C=O) groups excluding carboxylic acids is 1. The average Bonchev–Trinajstić information content (AvgIpc) is 3.39. The van der Waals surface area contributed by atoms with Gasteiger partial charge in [0.05, 0.1) is 22.3 Å². The molecule has 1 atom stereocenters. The number of aryl methyl sites for hydroxylation is 2. The maximum atomic E-state index is 12.9. The van der Waals surface area contributed by atoms with E-state index >= 15 is 0 Å². The van der Waals surface area contributed by atoms with Crippen molar-refractivity contribution in [2.45, 2.75) is 39.7 Å². The molecule has 0 saturated heterocycles. The van der Waals surface area contributed by atoms with Gasteiger partial charge in [-0.15, -0.1) is 0 Å². The SMILES string of the molecule is Cc1ccc(-c2cc(C(=O)NC(C)C3CC3)c3c(C)noc3n2)cc1. The zero-order valence-corrected chi connectivity index (χ0v) is 14.7. The molecule has 0 bridgehead atoms. The summed E-state index contributed by atoms with van der Waals surface area (Å²) in [4.78, 5) is 17.4. The smallest absolute Gasteiger partial charge is 0.259 e. The van der Waals surface area contributed by atoms with Gasteiger partial charge < -0.3 is 9.84 Å². The van der Waals surface area contributed by atoms with Crippen LogP contribution in [-0.4, -0.2) is 22.1 Å². The van der Waals surface area contributed by atoms with E-state index in [9.17, 15) is 4.79 Å². The van der Waals surface area contributed by atoms with Crippen molar-refractivity contribution >= 4 is 17.0 Å². The quantitative estimate of drug-likeness (QED) is 0.781. The van der Waals surface area contributed by atoms with Crippen LogP contribution in [0.25, 0.3) is 22.4 Å². The minimum absolute atomic E-state index is 0.0912. The van der Waals surface area contributed by atoms with E-state index in [0.29, 0.717) is 34.0 Å². The number of pyridine rings is 1. The second-order valence-electron chi connectivity index (χ2n) is 6.97. The van der Waals surface area contributed by atoms with Crippen LogP contribution < -0.4 is 5.32 Å². The largest absolute Gasteiger partial charge is 0.349 e. The molecule has 0 spiro atoms. The molecule has 1 fully saturated rings. The van der Waals surface area contributed by atoms with E-state index in [2.05, 4.69) is 22.4 Å². The number of nitrogens with one attached hydrogen (secondary N) is 1. The van der Waals surface area contributed by atoms with Gasteiger partial charge >= 0.3 is 0 Å². The molecule has 0 aliphatic heterocycles. The van der Waals surface area contributed by atoms with Crippen molar-refractivity contribution in [3.63, 3.8) is 0 Å². The molecule has 1 N–H and O–H groups in total. The molecule has 3 aromatic rings. The molecule has 2 heterocycles. The summed E-state index contributed by atoms with van der Waals surface area (Å²) in [6.07, 6.45) is 2.38. The number of fused-ring (bicyclic) bond motifs is 1. The van der Waals surface area contributed by atoms with Crippen LogP contribution in [0.15, 0.2) is 34.9 Å². The van der Waals surface area contributed by atoms with Gasteiger partial charge in [0.2, 0.25) is 0 Å². The highest BCUT2D eigenvalue weighted by molar-refractivity contribution is 6.07. The summed E-state index contributed by atoms with van der Waals surface area (Å²) in [6.45, 7) is 5.94. The topological polar surface area (TPSA) is 68.0 Å². The van der Waals surface area contributed by atoms with Crippen LogP contribution >= 0.6 is 0 Å². The van der Waals surface area contributed by atoms with E-state index < -0.39 is 0 Å². The Morgan fingerprint density at radius 1 is 1.24 bits per heavy atom. The Bertz CT molecular complexity index is 939. The average molecular weight is 335 g/mol. The summed E-state index contributed by atoms with van der Waals surface area (Å²) in [5.41, 5.74) is 4.50. The van der Waals surface area contributed by atoms with Crippen molar-refractivity contribution in [3.05, 3.63) is 47.2 Å². The van der Waals surface area contributed by atoms with Crippen LogP contribution in [0.4, 0.5) is 0 Å². The van der Waals surface area contributed by atoms with E-state index in [0.717, 1.165) is 5.56 Å². The highest BCUT2D eigenvalue weighted by Gasteiger charge is 2.30. The standard InChI is InChI=1S/C20H21N3O2/c1-11-4-6-15(7-5-11)17-10-16(18-13(3)23-25-20(18)22-17)19(24)21-12(2)14-8-9-14/h4-7,10,12,14H,8-9H2,1-3H3,(H,21,24). The van der Waals surface area contributed by atoms with E-state index in [4.69, 9.17) is 4.52 Å². The van der Waals surface area contributed by atoms with Crippen molar-refractivity contribution in [2.24, 2.45) is 5.92 Å². The van der Waals surface area contributed by atoms with Crippen LogP contribution in [-0.2, 0) is 0 Å². The normalized spacial score (nSPS) is 15.3. The number of hydrogen-bond acceptors (Lipinski definition) is 4. The number of benzene rings is 1. The molecule has 5 heteroatoms. The first-order valence-corrected chi connectivity index (χ1v) is 8.68. The zero-order chi connectivity index (χ0) is 17.6. The van der Waals surface area contributed by atoms with Crippen LogP contribution in [0.1, 0.15) is 41.4 Å². The van der Waals surface area contributed by atoms with Crippen LogP contribution in [0.2, 0.25) is 0 Å².